The van der Waals surface area contributed by atoms with E-state index in [1.165, 1.54) is 6.33 Å². The molecule has 1 saturated heterocycles. The Morgan fingerprint density at radius 1 is 1.59 bits per heavy atom. The number of likely N-dealkylation sites (tertiary alicyclic amines) is 1. The molecule has 1 aromatic rings. The quantitative estimate of drug-likeness (QED) is 0.825. The fourth-order valence-electron chi connectivity index (χ4n) is 1.78. The lowest BCUT2D eigenvalue weighted by molar-refractivity contribution is -0.127. The number of anilines is 1. The van der Waals surface area contributed by atoms with Gasteiger partial charge in [-0.25, -0.2) is 9.97 Å². The SMILES string of the molecule is CCOc1cc(NC2CCN(C)C2=O)ncn1. The van der Waals surface area contributed by atoms with Crippen LogP contribution < -0.4 is 10.1 Å². The molecular weight excluding hydrogens is 220 g/mol. The molecule has 0 aliphatic carbocycles. The second-order valence-corrected chi connectivity index (χ2v) is 3.92. The van der Waals surface area contributed by atoms with Crippen molar-refractivity contribution in [2.24, 2.45) is 0 Å². The maximum absolute atomic E-state index is 11.7. The number of nitrogens with one attached hydrogen (secondary N) is 1. The molecule has 1 atom stereocenters. The van der Waals surface area contributed by atoms with Crippen molar-refractivity contribution in [1.82, 2.24) is 14.9 Å². The van der Waals surface area contributed by atoms with Gasteiger partial charge in [0.25, 0.3) is 0 Å². The van der Waals surface area contributed by atoms with Crippen molar-refractivity contribution in [1.29, 1.82) is 0 Å². The Kier molecular flexibility index (Phi) is 3.41. The Hall–Kier alpha value is -1.85. The van der Waals surface area contributed by atoms with E-state index in [1.54, 1.807) is 18.0 Å². The Morgan fingerprint density at radius 3 is 3.06 bits per heavy atom. The molecule has 1 fully saturated rings. The number of amides is 1. The van der Waals surface area contributed by atoms with Gasteiger partial charge in [-0.05, 0) is 13.3 Å². The molecule has 1 aliphatic rings. The third kappa shape index (κ3) is 2.64. The number of hydrogen-bond acceptors (Lipinski definition) is 5. The van der Waals surface area contributed by atoms with E-state index >= 15 is 0 Å². The van der Waals surface area contributed by atoms with Crippen molar-refractivity contribution in [3.63, 3.8) is 0 Å². The third-order valence-corrected chi connectivity index (χ3v) is 2.68. The van der Waals surface area contributed by atoms with Crippen LogP contribution in [-0.2, 0) is 4.79 Å². The first kappa shape index (κ1) is 11.6. The minimum atomic E-state index is -0.190. The highest BCUT2D eigenvalue weighted by Gasteiger charge is 2.29. The first-order valence-electron chi connectivity index (χ1n) is 5.67. The first-order valence-corrected chi connectivity index (χ1v) is 5.67. The van der Waals surface area contributed by atoms with Crippen LogP contribution in [0.4, 0.5) is 5.82 Å². The van der Waals surface area contributed by atoms with Gasteiger partial charge in [0.05, 0.1) is 6.61 Å². The average Bonchev–Trinajstić information content (AvgIpc) is 2.62. The average molecular weight is 236 g/mol. The van der Waals surface area contributed by atoms with Crippen LogP contribution in [0.5, 0.6) is 5.88 Å². The van der Waals surface area contributed by atoms with Gasteiger partial charge in [0.2, 0.25) is 11.8 Å². The van der Waals surface area contributed by atoms with Crippen LogP contribution in [0, 0.1) is 0 Å². The lowest BCUT2D eigenvalue weighted by Gasteiger charge is -2.13. The summed E-state index contributed by atoms with van der Waals surface area (Å²) < 4.78 is 5.27. The molecule has 0 radical (unpaired) electrons. The van der Waals surface area contributed by atoms with Crippen LogP contribution in [0.3, 0.4) is 0 Å². The topological polar surface area (TPSA) is 67.3 Å². The van der Waals surface area contributed by atoms with Crippen LogP contribution in [-0.4, -0.2) is 47.0 Å². The summed E-state index contributed by atoms with van der Waals surface area (Å²) in [6.07, 6.45) is 2.22. The number of nitrogens with zero attached hydrogens (tertiary/aromatic N) is 3. The number of carbonyl (C=O) groups excluding carboxylic acids is 1. The lowest BCUT2D eigenvalue weighted by atomic mass is 10.2. The molecule has 0 saturated carbocycles. The van der Waals surface area contributed by atoms with Crippen molar-refractivity contribution in [3.8, 4) is 5.88 Å². The third-order valence-electron chi connectivity index (χ3n) is 2.68. The zero-order valence-corrected chi connectivity index (χ0v) is 10.0. The normalized spacial score (nSPS) is 19.5. The summed E-state index contributed by atoms with van der Waals surface area (Å²) in [5.41, 5.74) is 0. The second kappa shape index (κ2) is 4.99. The highest BCUT2D eigenvalue weighted by molar-refractivity contribution is 5.86. The molecule has 1 aliphatic heterocycles. The van der Waals surface area contributed by atoms with Crippen molar-refractivity contribution >= 4 is 11.7 Å². The summed E-state index contributed by atoms with van der Waals surface area (Å²) in [6.45, 7) is 3.23. The molecule has 6 heteroatoms. The predicted molar refractivity (Wildman–Crippen MR) is 62.9 cm³/mol. The number of likely N-dealkylation sites (N-methyl/N-ethyl adjacent to an activating group) is 1. The molecule has 0 spiro atoms. The Morgan fingerprint density at radius 2 is 2.41 bits per heavy atom. The number of carbonyl (C=O) groups is 1. The highest BCUT2D eigenvalue weighted by Crippen LogP contribution is 2.16. The van der Waals surface area contributed by atoms with Gasteiger partial charge in [-0.3, -0.25) is 4.79 Å². The summed E-state index contributed by atoms with van der Waals surface area (Å²) in [5, 5.41) is 3.10. The smallest absolute Gasteiger partial charge is 0.244 e. The molecule has 0 bridgehead atoms. The maximum Gasteiger partial charge on any atom is 0.244 e. The number of hydrogen-bond donors (Lipinski definition) is 1. The van der Waals surface area contributed by atoms with Gasteiger partial charge < -0.3 is 15.0 Å². The standard InChI is InChI=1S/C11H16N4O2/c1-3-17-10-6-9(12-7-13-10)14-8-4-5-15(2)11(8)16/h6-8H,3-5H2,1-2H3,(H,12,13,14). The van der Waals surface area contributed by atoms with E-state index in [9.17, 15) is 4.79 Å². The summed E-state index contributed by atoms with van der Waals surface area (Å²) >= 11 is 0. The largest absolute Gasteiger partial charge is 0.478 e. The number of rotatable bonds is 4. The molecule has 1 N–H and O–H groups in total. The van der Waals surface area contributed by atoms with Gasteiger partial charge in [0.1, 0.15) is 18.2 Å². The molecule has 1 unspecified atom stereocenters. The van der Waals surface area contributed by atoms with Crippen molar-refractivity contribution in [2.45, 2.75) is 19.4 Å². The molecular formula is C11H16N4O2. The van der Waals surface area contributed by atoms with E-state index in [-0.39, 0.29) is 11.9 Å². The lowest BCUT2D eigenvalue weighted by Crippen LogP contribution is -2.31. The Balaban J connectivity index is 2.03. The fourth-order valence-corrected chi connectivity index (χ4v) is 1.78. The molecule has 2 rings (SSSR count). The van der Waals surface area contributed by atoms with Crippen LogP contribution in [0.2, 0.25) is 0 Å². The highest BCUT2D eigenvalue weighted by atomic mass is 16.5. The molecule has 17 heavy (non-hydrogen) atoms. The molecule has 6 nitrogen and oxygen atoms in total. The van der Waals surface area contributed by atoms with Crippen LogP contribution in [0.15, 0.2) is 12.4 Å². The van der Waals surface area contributed by atoms with E-state index in [4.69, 9.17) is 4.74 Å². The van der Waals surface area contributed by atoms with Crippen LogP contribution >= 0.6 is 0 Å². The van der Waals surface area contributed by atoms with E-state index < -0.39 is 0 Å². The van der Waals surface area contributed by atoms with E-state index in [0.29, 0.717) is 18.3 Å². The van der Waals surface area contributed by atoms with Gasteiger partial charge in [-0.1, -0.05) is 0 Å². The van der Waals surface area contributed by atoms with Gasteiger partial charge >= 0.3 is 0 Å². The summed E-state index contributed by atoms with van der Waals surface area (Å²) in [4.78, 5) is 21.5. The minimum absolute atomic E-state index is 0.0987. The van der Waals surface area contributed by atoms with Crippen LogP contribution in [0.1, 0.15) is 13.3 Å². The van der Waals surface area contributed by atoms with Gasteiger partial charge in [0.15, 0.2) is 0 Å². The molecule has 1 amide bonds. The Bertz CT molecular complexity index is 410. The first-order chi connectivity index (χ1) is 8.20. The molecule has 0 aromatic carbocycles. The van der Waals surface area contributed by atoms with E-state index in [1.807, 2.05) is 6.92 Å². The van der Waals surface area contributed by atoms with Crippen LogP contribution in [0.25, 0.3) is 0 Å². The number of aromatic nitrogens is 2. The second-order valence-electron chi connectivity index (χ2n) is 3.92. The molecule has 92 valence electrons. The molecule has 2 heterocycles. The monoisotopic (exact) mass is 236 g/mol. The zero-order chi connectivity index (χ0) is 12.3. The van der Waals surface area contributed by atoms with Crippen molar-refractivity contribution in [3.05, 3.63) is 12.4 Å². The van der Waals surface area contributed by atoms with Crippen molar-refractivity contribution in [2.75, 3.05) is 25.5 Å². The van der Waals surface area contributed by atoms with Gasteiger partial charge in [-0.2, -0.15) is 0 Å². The number of ether oxygens (including phenoxy) is 1. The van der Waals surface area contributed by atoms with E-state index in [0.717, 1.165) is 13.0 Å². The van der Waals surface area contributed by atoms with E-state index in [2.05, 4.69) is 15.3 Å². The summed E-state index contributed by atoms with van der Waals surface area (Å²) in [7, 11) is 1.80. The summed E-state index contributed by atoms with van der Waals surface area (Å²) in [5.74, 6) is 1.24. The summed E-state index contributed by atoms with van der Waals surface area (Å²) in [6, 6.07) is 1.51. The van der Waals surface area contributed by atoms with Gasteiger partial charge in [-0.15, -0.1) is 0 Å². The maximum atomic E-state index is 11.7. The predicted octanol–water partition coefficient (Wildman–Crippen LogP) is 0.518. The fraction of sp³-hybridized carbons (Fsp3) is 0.545. The van der Waals surface area contributed by atoms with Crippen molar-refractivity contribution < 1.29 is 9.53 Å². The molecule has 1 aromatic heterocycles. The van der Waals surface area contributed by atoms with Gasteiger partial charge in [0, 0.05) is 19.7 Å². The Labute approximate surface area is 100 Å². The zero-order valence-electron chi connectivity index (χ0n) is 10.0. The minimum Gasteiger partial charge on any atom is -0.478 e.